The number of rotatable bonds is 20. The summed E-state index contributed by atoms with van der Waals surface area (Å²) in [6.45, 7) is 2.74. The highest BCUT2D eigenvalue weighted by Gasteiger charge is 2.37. The largest absolute Gasteiger partial charge is 0.480 e. The minimum atomic E-state index is -1.70. The lowest BCUT2D eigenvalue weighted by atomic mass is 10.0. The Labute approximate surface area is 468 Å². The maximum atomic E-state index is 14.9. The number of aromatic nitrogens is 1. The van der Waals surface area contributed by atoms with Gasteiger partial charge in [-0.25, -0.2) is 4.79 Å². The number of carboxylic acid groups (broad SMARTS) is 1. The lowest BCUT2D eigenvalue weighted by molar-refractivity contribution is -0.142. The van der Waals surface area contributed by atoms with E-state index in [0.29, 0.717) is 16.7 Å². The van der Waals surface area contributed by atoms with Crippen molar-refractivity contribution in [2.45, 2.75) is 133 Å². The van der Waals surface area contributed by atoms with Gasteiger partial charge in [-0.15, -0.1) is 0 Å². The number of aliphatic imine (C=N–C) groups is 2. The fourth-order valence-corrected chi connectivity index (χ4v) is 8.90. The molecule has 0 bridgehead atoms. The number of benzene rings is 3. The molecule has 1 saturated heterocycles. The number of fused-ring (bicyclic) bond motifs is 1. The van der Waals surface area contributed by atoms with Crippen LogP contribution in [0.4, 0.5) is 0 Å². The van der Waals surface area contributed by atoms with E-state index in [2.05, 4.69) is 57.5 Å². The molecule has 1 unspecified atom stereocenters. The summed E-state index contributed by atoms with van der Waals surface area (Å²) in [6.07, 6.45) is 0.0247. The number of hydrogen-bond donors (Lipinski definition) is 14. The monoisotopic (exact) mass is 1120 g/mol. The van der Waals surface area contributed by atoms with Crippen LogP contribution in [0.15, 0.2) is 101 Å². The van der Waals surface area contributed by atoms with Gasteiger partial charge in [-0.05, 0) is 74.6 Å². The summed E-state index contributed by atoms with van der Waals surface area (Å²) in [5.74, 6) is -8.50. The van der Waals surface area contributed by atoms with Crippen LogP contribution in [-0.2, 0) is 67.3 Å². The van der Waals surface area contributed by atoms with E-state index >= 15 is 0 Å². The molecule has 1 aromatic heterocycles. The van der Waals surface area contributed by atoms with Gasteiger partial charge in [0.1, 0.15) is 42.3 Å². The van der Waals surface area contributed by atoms with Gasteiger partial charge in [0.25, 0.3) is 0 Å². The Bertz CT molecular complexity index is 2840. The van der Waals surface area contributed by atoms with Crippen LogP contribution in [0.2, 0.25) is 0 Å². The summed E-state index contributed by atoms with van der Waals surface area (Å²) in [4.78, 5) is 137. The molecule has 3 aromatic carbocycles. The molecule has 26 nitrogen and oxygen atoms in total. The van der Waals surface area contributed by atoms with Crippen LogP contribution in [0.25, 0.3) is 10.9 Å². The molecule has 436 valence electrons. The summed E-state index contributed by atoms with van der Waals surface area (Å²) in [5, 5.41) is 32.3. The second-order valence-electron chi connectivity index (χ2n) is 19.6. The van der Waals surface area contributed by atoms with Gasteiger partial charge in [-0.2, -0.15) is 0 Å². The van der Waals surface area contributed by atoms with Crippen LogP contribution >= 0.6 is 0 Å². The number of nitrogens with zero attached hydrogens (tertiary/aromatic N) is 2. The second-order valence-corrected chi connectivity index (χ2v) is 19.6. The van der Waals surface area contributed by atoms with Gasteiger partial charge < -0.3 is 80.3 Å². The normalized spacial score (nSPS) is 20.8. The summed E-state index contributed by atoms with van der Waals surface area (Å²) < 4.78 is 6.19. The number of aromatic amines is 1. The quantitative estimate of drug-likeness (QED) is 0.0282. The molecule has 26 heteroatoms. The van der Waals surface area contributed by atoms with E-state index in [0.717, 1.165) is 10.9 Å². The van der Waals surface area contributed by atoms with Gasteiger partial charge in [0, 0.05) is 56.5 Å². The predicted molar refractivity (Wildman–Crippen MR) is 301 cm³/mol. The summed E-state index contributed by atoms with van der Waals surface area (Å²) in [6, 6.07) is 14.5. The number of hydrogen-bond acceptors (Lipinski definition) is 12. The second kappa shape index (κ2) is 32.1. The van der Waals surface area contributed by atoms with E-state index in [9.17, 15) is 48.3 Å². The Morgan fingerprint density at radius 2 is 1.30 bits per heavy atom. The van der Waals surface area contributed by atoms with Crippen molar-refractivity contribution in [1.82, 2.24) is 47.5 Å². The number of carbonyl (C=O) groups excluding carboxylic acids is 8. The molecule has 81 heavy (non-hydrogen) atoms. The Hall–Kier alpha value is -9.07. The zero-order valence-corrected chi connectivity index (χ0v) is 45.4. The smallest absolute Gasteiger partial charge is 0.326 e. The number of H-pyrrole nitrogens is 1. The maximum Gasteiger partial charge on any atom is 0.326 e. The van der Waals surface area contributed by atoms with Crippen LogP contribution in [0.3, 0.4) is 0 Å². The molecule has 8 atom stereocenters. The molecular formula is C55H75N15O11. The summed E-state index contributed by atoms with van der Waals surface area (Å²) in [7, 11) is 0. The minimum absolute atomic E-state index is 0.00428. The first-order chi connectivity index (χ1) is 38.8. The van der Waals surface area contributed by atoms with Crippen molar-refractivity contribution in [2.75, 3.05) is 19.6 Å². The van der Waals surface area contributed by atoms with Crippen LogP contribution in [-0.4, -0.2) is 143 Å². The van der Waals surface area contributed by atoms with E-state index in [1.54, 1.807) is 72.9 Å². The SMILES string of the molecule is CC(=O)N[C@@H](CCCN=C(N)N)C(=O)N[C@H]1CC(=O)NCCCC[C@@H](C(=O)O)NC(=O)[C@H](Cc2c[nH]c3ccccc23)NC(=O)C(CCCN=C(N)N)NC(=O)[C@@H](Cc2ccccc2)NC(=O)[C@H]([C@@H](C)OCc2ccccc2)NC1=O. The molecule has 1 aliphatic rings. The highest BCUT2D eigenvalue weighted by Crippen LogP contribution is 2.20. The predicted octanol–water partition coefficient (Wildman–Crippen LogP) is -1.15. The standard InChI is InChI=1S/C55H75N15O11/c1-32(81-31-35-17-7-4-8-18-35)46-52(78)69-42(27-34-15-5-3-6-16-34)49(75)65-40(23-14-26-62-55(58)59)48(74)67-43(28-36-30-63-38-20-10-9-19-37(36)38)50(76)66-41(53(79)80)21-11-12-24-60-45(72)29-44(51(77)70-46)68-47(73)39(64-33(2)71)22-13-25-61-54(56)57/h3-10,15-20,30,32,39-44,46,63H,11-14,21-29,31H2,1-2H3,(H,60,72)(H,64,71)(H,65,75)(H,66,76)(H,67,74)(H,68,73)(H,69,78)(H,70,77)(H,79,80)(H4,56,57,61)(H4,58,59,62)/t32-,39+,40?,41+,42-,43+,44+,46+/m1/s1. The Balaban J connectivity index is 1.57. The lowest BCUT2D eigenvalue weighted by Crippen LogP contribution is -2.62. The molecule has 18 N–H and O–H groups in total. The fraction of sp³-hybridized carbons (Fsp3) is 0.436. The molecule has 5 rings (SSSR count). The molecule has 0 saturated carbocycles. The topological polar surface area (TPSA) is 424 Å². The third-order valence-corrected chi connectivity index (χ3v) is 13.1. The number of nitrogens with one attached hydrogen (secondary N) is 9. The number of guanidine groups is 2. The average molecular weight is 1120 g/mol. The first-order valence-electron chi connectivity index (χ1n) is 26.7. The number of aliphatic carboxylic acids is 1. The third kappa shape index (κ3) is 21.3. The first kappa shape index (κ1) is 62.8. The van der Waals surface area contributed by atoms with E-state index in [1.165, 1.54) is 13.8 Å². The van der Waals surface area contributed by atoms with Crippen molar-refractivity contribution in [3.8, 4) is 0 Å². The molecule has 0 aliphatic carbocycles. The summed E-state index contributed by atoms with van der Waals surface area (Å²) in [5.41, 5.74) is 24.8. The fourth-order valence-electron chi connectivity index (χ4n) is 8.90. The van der Waals surface area contributed by atoms with Crippen molar-refractivity contribution >= 4 is 76.0 Å². The number of carbonyl (C=O) groups is 9. The Kier molecular flexibility index (Phi) is 24.9. The van der Waals surface area contributed by atoms with Crippen molar-refractivity contribution < 1.29 is 53.0 Å². The molecule has 0 spiro atoms. The van der Waals surface area contributed by atoms with Crippen molar-refractivity contribution in [3.05, 3.63) is 108 Å². The maximum absolute atomic E-state index is 14.9. The Morgan fingerprint density at radius 3 is 1.96 bits per heavy atom. The van der Waals surface area contributed by atoms with Crippen LogP contribution in [0.5, 0.6) is 0 Å². The number of carboxylic acids is 1. The van der Waals surface area contributed by atoms with Crippen LogP contribution in [0, 0.1) is 0 Å². The first-order valence-corrected chi connectivity index (χ1v) is 26.7. The molecule has 1 aliphatic heterocycles. The summed E-state index contributed by atoms with van der Waals surface area (Å²) >= 11 is 0. The molecule has 8 amide bonds. The van der Waals surface area contributed by atoms with Gasteiger partial charge in [0.15, 0.2) is 11.9 Å². The highest BCUT2D eigenvalue weighted by molar-refractivity contribution is 5.99. The van der Waals surface area contributed by atoms with E-state index in [4.69, 9.17) is 27.7 Å². The highest BCUT2D eigenvalue weighted by atomic mass is 16.5. The van der Waals surface area contributed by atoms with Crippen molar-refractivity contribution in [2.24, 2.45) is 32.9 Å². The van der Waals surface area contributed by atoms with Crippen LogP contribution < -0.4 is 65.5 Å². The molecular weight excluding hydrogens is 1050 g/mol. The average Bonchev–Trinajstić information content (AvgIpc) is 4.07. The number of nitrogens with two attached hydrogens (primary N) is 4. The van der Waals surface area contributed by atoms with Gasteiger partial charge in [0.2, 0.25) is 47.3 Å². The molecule has 4 aromatic rings. The number of para-hydroxylation sites is 1. The molecule has 2 heterocycles. The van der Waals surface area contributed by atoms with E-state index < -0.39 is 108 Å². The van der Waals surface area contributed by atoms with Crippen LogP contribution in [0.1, 0.15) is 81.9 Å². The minimum Gasteiger partial charge on any atom is -0.480 e. The lowest BCUT2D eigenvalue weighted by Gasteiger charge is -2.30. The zero-order chi connectivity index (χ0) is 58.8. The van der Waals surface area contributed by atoms with E-state index in [1.807, 2.05) is 18.2 Å². The van der Waals surface area contributed by atoms with Crippen molar-refractivity contribution in [1.29, 1.82) is 0 Å². The third-order valence-electron chi connectivity index (χ3n) is 13.1. The molecule has 1 fully saturated rings. The van der Waals surface area contributed by atoms with Gasteiger partial charge in [-0.1, -0.05) is 78.9 Å². The van der Waals surface area contributed by atoms with Gasteiger partial charge in [0.05, 0.1) is 19.1 Å². The van der Waals surface area contributed by atoms with Gasteiger partial charge in [-0.3, -0.25) is 48.3 Å². The number of ether oxygens (including phenoxy) is 1. The Morgan fingerprint density at radius 1 is 0.704 bits per heavy atom. The van der Waals surface area contributed by atoms with Gasteiger partial charge >= 0.3 is 5.97 Å². The zero-order valence-electron chi connectivity index (χ0n) is 45.4. The van der Waals surface area contributed by atoms with Crippen molar-refractivity contribution in [3.63, 3.8) is 0 Å². The number of amides is 8. The molecule has 0 radical (unpaired) electrons. The van der Waals surface area contributed by atoms with E-state index in [-0.39, 0.29) is 95.9 Å².